The average molecular weight is 448 g/mol. The Hall–Kier alpha value is -3.13. The van der Waals surface area contributed by atoms with Crippen LogP contribution in [0.25, 0.3) is 22.4 Å². The summed E-state index contributed by atoms with van der Waals surface area (Å²) in [5.41, 5.74) is 2.48. The molecule has 1 saturated heterocycles. The Morgan fingerprint density at radius 3 is 2.53 bits per heavy atom. The van der Waals surface area contributed by atoms with Crippen LogP contribution in [-0.2, 0) is 4.79 Å². The van der Waals surface area contributed by atoms with Crippen LogP contribution < -0.4 is 5.56 Å². The van der Waals surface area contributed by atoms with Gasteiger partial charge in [0, 0.05) is 13.1 Å². The highest BCUT2D eigenvalue weighted by Crippen LogP contribution is 2.27. The lowest BCUT2D eigenvalue weighted by Gasteiger charge is -2.17. The highest BCUT2D eigenvalue weighted by molar-refractivity contribution is 7.99. The van der Waals surface area contributed by atoms with Crippen molar-refractivity contribution in [1.29, 1.82) is 0 Å². The van der Waals surface area contributed by atoms with Gasteiger partial charge in [0.1, 0.15) is 0 Å². The number of para-hydroxylation sites is 2. The molecule has 1 aliphatic heterocycles. The molecule has 3 heterocycles. The molecule has 2 aromatic carbocycles. The molecular weight excluding hydrogens is 422 g/mol. The molecule has 0 bridgehead atoms. The molecule has 0 N–H and O–H groups in total. The van der Waals surface area contributed by atoms with Crippen molar-refractivity contribution >= 4 is 34.3 Å². The Morgan fingerprint density at radius 1 is 1.03 bits per heavy atom. The summed E-state index contributed by atoms with van der Waals surface area (Å²) in [6.45, 7) is 5.87. The molecule has 0 aliphatic carbocycles. The third-order valence-corrected chi connectivity index (χ3v) is 6.89. The summed E-state index contributed by atoms with van der Waals surface area (Å²) in [7, 11) is 0. The van der Waals surface area contributed by atoms with Crippen molar-refractivity contribution in [2.75, 3.05) is 18.8 Å². The Bertz CT molecular complexity index is 1370. The minimum atomic E-state index is -0.127. The molecule has 8 heteroatoms. The average Bonchev–Trinajstić information content (AvgIpc) is 3.49. The first-order valence-electron chi connectivity index (χ1n) is 10.9. The van der Waals surface area contributed by atoms with Crippen molar-refractivity contribution in [2.24, 2.45) is 0 Å². The molecule has 32 heavy (non-hydrogen) atoms. The van der Waals surface area contributed by atoms with E-state index in [9.17, 15) is 9.59 Å². The first-order chi connectivity index (χ1) is 15.6. The van der Waals surface area contributed by atoms with Crippen molar-refractivity contribution in [3.8, 4) is 5.69 Å². The van der Waals surface area contributed by atoms with Crippen molar-refractivity contribution in [1.82, 2.24) is 24.1 Å². The van der Waals surface area contributed by atoms with Crippen LogP contribution in [0.1, 0.15) is 38.2 Å². The number of fused-ring (bicyclic) bond motifs is 3. The van der Waals surface area contributed by atoms with Gasteiger partial charge in [-0.05, 0) is 42.5 Å². The molecule has 1 aliphatic rings. The number of amides is 1. The van der Waals surface area contributed by atoms with Gasteiger partial charge in [0.2, 0.25) is 11.7 Å². The maximum absolute atomic E-state index is 13.6. The van der Waals surface area contributed by atoms with Crippen LogP contribution in [0, 0.1) is 0 Å². The number of likely N-dealkylation sites (tertiary alicyclic amines) is 1. The molecule has 1 amide bonds. The van der Waals surface area contributed by atoms with E-state index >= 15 is 0 Å². The first kappa shape index (κ1) is 20.8. The van der Waals surface area contributed by atoms with Gasteiger partial charge in [-0.1, -0.05) is 55.9 Å². The number of carbonyl (C=O) groups excluding carboxylic acids is 1. The number of aromatic nitrogens is 4. The molecular formula is C24H25N5O2S. The fourth-order valence-corrected chi connectivity index (χ4v) is 5.20. The maximum Gasteiger partial charge on any atom is 0.267 e. The summed E-state index contributed by atoms with van der Waals surface area (Å²) in [5.74, 6) is 1.11. The lowest BCUT2D eigenvalue weighted by Crippen LogP contribution is -2.29. The van der Waals surface area contributed by atoms with Crippen LogP contribution in [0.5, 0.6) is 0 Å². The SMILES string of the molecule is CC(C)c1ccccc1-n1c(=O)c2ccccc2n2c(SCC(=O)N3CCCC3)nnc12. The van der Waals surface area contributed by atoms with Crippen molar-refractivity contribution in [3.05, 3.63) is 64.4 Å². The summed E-state index contributed by atoms with van der Waals surface area (Å²) in [4.78, 5) is 28.1. The van der Waals surface area contributed by atoms with Crippen molar-refractivity contribution in [3.63, 3.8) is 0 Å². The molecule has 0 spiro atoms. The standard InChI is InChI=1S/C24H25N5O2S/c1-16(2)17-9-3-5-11-19(17)28-22(31)18-10-4-6-12-20(18)29-23(28)25-26-24(29)32-15-21(30)27-13-7-8-14-27/h3-6,9-12,16H,7-8,13-15H2,1-2H3. The van der Waals surface area contributed by atoms with Crippen LogP contribution in [0.3, 0.4) is 0 Å². The number of nitrogens with zero attached hydrogens (tertiary/aromatic N) is 5. The molecule has 0 atom stereocenters. The Labute approximate surface area is 190 Å². The third kappa shape index (κ3) is 3.48. The van der Waals surface area contributed by atoms with Crippen LogP contribution in [0.2, 0.25) is 0 Å². The molecule has 4 aromatic rings. The quantitative estimate of drug-likeness (QED) is 0.434. The van der Waals surface area contributed by atoms with E-state index in [1.807, 2.05) is 57.8 Å². The number of hydrogen-bond donors (Lipinski definition) is 0. The first-order valence-corrected chi connectivity index (χ1v) is 11.9. The maximum atomic E-state index is 13.6. The lowest BCUT2D eigenvalue weighted by molar-refractivity contribution is -0.127. The van der Waals surface area contributed by atoms with Crippen LogP contribution >= 0.6 is 11.8 Å². The summed E-state index contributed by atoms with van der Waals surface area (Å²) in [6, 6.07) is 15.4. The molecule has 0 radical (unpaired) electrons. The Morgan fingerprint density at radius 2 is 1.75 bits per heavy atom. The number of hydrogen-bond acceptors (Lipinski definition) is 5. The number of carbonyl (C=O) groups is 1. The van der Waals surface area contributed by atoms with Crippen LogP contribution in [0.4, 0.5) is 0 Å². The third-order valence-electron chi connectivity index (χ3n) is 5.98. The smallest absolute Gasteiger partial charge is 0.267 e. The highest BCUT2D eigenvalue weighted by Gasteiger charge is 2.22. The molecule has 0 saturated carbocycles. The number of thioether (sulfide) groups is 1. The van der Waals surface area contributed by atoms with Crippen molar-refractivity contribution < 1.29 is 4.79 Å². The monoisotopic (exact) mass is 447 g/mol. The largest absolute Gasteiger partial charge is 0.342 e. The van der Waals surface area contributed by atoms with Crippen molar-refractivity contribution in [2.45, 2.75) is 37.8 Å². The number of rotatable bonds is 5. The van der Waals surface area contributed by atoms with E-state index in [1.54, 1.807) is 4.57 Å². The van der Waals surface area contributed by atoms with Gasteiger partial charge in [-0.15, -0.1) is 10.2 Å². The molecule has 7 nitrogen and oxygen atoms in total. The van der Waals surface area contributed by atoms with E-state index in [0.29, 0.717) is 22.1 Å². The molecule has 0 unspecified atom stereocenters. The molecule has 1 fully saturated rings. The second-order valence-electron chi connectivity index (χ2n) is 8.37. The zero-order valence-electron chi connectivity index (χ0n) is 18.2. The number of benzene rings is 2. The normalized spacial score (nSPS) is 14.2. The van der Waals surface area contributed by atoms with Gasteiger partial charge in [0.25, 0.3) is 5.56 Å². The second kappa shape index (κ2) is 8.43. The molecule has 5 rings (SSSR count). The van der Waals surface area contributed by atoms with E-state index in [4.69, 9.17) is 0 Å². The highest BCUT2D eigenvalue weighted by atomic mass is 32.2. The van der Waals surface area contributed by atoms with Gasteiger partial charge in [-0.2, -0.15) is 0 Å². The van der Waals surface area contributed by atoms with E-state index in [-0.39, 0.29) is 17.4 Å². The minimum Gasteiger partial charge on any atom is -0.342 e. The van der Waals surface area contributed by atoms with Gasteiger partial charge in [0.15, 0.2) is 5.16 Å². The van der Waals surface area contributed by atoms with E-state index in [1.165, 1.54) is 11.8 Å². The molecule has 2 aromatic heterocycles. The Balaban J connectivity index is 1.68. The zero-order chi connectivity index (χ0) is 22.2. The van der Waals surface area contributed by atoms with Gasteiger partial charge in [-0.25, -0.2) is 4.57 Å². The van der Waals surface area contributed by atoms with Gasteiger partial charge in [-0.3, -0.25) is 14.0 Å². The molecule has 164 valence electrons. The predicted molar refractivity (Wildman–Crippen MR) is 127 cm³/mol. The summed E-state index contributed by atoms with van der Waals surface area (Å²) in [5, 5.41) is 10.0. The van der Waals surface area contributed by atoms with E-state index in [0.717, 1.165) is 42.7 Å². The topological polar surface area (TPSA) is 72.5 Å². The lowest BCUT2D eigenvalue weighted by atomic mass is 10.0. The predicted octanol–water partition coefficient (Wildman–Crippen LogP) is 3.87. The summed E-state index contributed by atoms with van der Waals surface area (Å²) in [6.07, 6.45) is 2.13. The van der Waals surface area contributed by atoms with E-state index in [2.05, 4.69) is 24.0 Å². The summed E-state index contributed by atoms with van der Waals surface area (Å²) >= 11 is 1.37. The fourth-order valence-electron chi connectivity index (χ4n) is 4.35. The fraction of sp³-hybridized carbons (Fsp3) is 0.333. The van der Waals surface area contributed by atoms with E-state index < -0.39 is 0 Å². The summed E-state index contributed by atoms with van der Waals surface area (Å²) < 4.78 is 3.55. The van der Waals surface area contributed by atoms with Crippen LogP contribution in [0.15, 0.2) is 58.5 Å². The van der Waals surface area contributed by atoms with Crippen LogP contribution in [-0.4, -0.2) is 48.8 Å². The van der Waals surface area contributed by atoms with Gasteiger partial charge < -0.3 is 4.90 Å². The minimum absolute atomic E-state index is 0.118. The van der Waals surface area contributed by atoms with Gasteiger partial charge in [0.05, 0.1) is 22.3 Å². The van der Waals surface area contributed by atoms with Gasteiger partial charge >= 0.3 is 0 Å². The zero-order valence-corrected chi connectivity index (χ0v) is 19.0. The Kier molecular flexibility index (Phi) is 5.46. The second-order valence-corrected chi connectivity index (χ2v) is 9.31.